The molecule has 0 radical (unpaired) electrons. The van der Waals surface area contributed by atoms with Crippen molar-refractivity contribution in [1.29, 1.82) is 0 Å². The third kappa shape index (κ3) is 5.32. The Bertz CT molecular complexity index is 541. The van der Waals surface area contributed by atoms with Gasteiger partial charge in [0.2, 0.25) is 0 Å². The lowest BCUT2D eigenvalue weighted by Gasteiger charge is -2.29. The molecule has 0 unspecified atom stereocenters. The first-order chi connectivity index (χ1) is 11.4. The average molecular weight is 335 g/mol. The number of methoxy groups -OCH3 is 2. The Labute approximate surface area is 147 Å². The second-order valence-electron chi connectivity index (χ2n) is 6.63. The van der Waals surface area contributed by atoms with Crippen LogP contribution in [0.1, 0.15) is 39.2 Å². The Kier molecular flexibility index (Phi) is 7.89. The van der Waals surface area contributed by atoms with Gasteiger partial charge in [0.05, 0.1) is 14.2 Å². The van der Waals surface area contributed by atoms with Crippen LogP contribution in [-0.2, 0) is 5.41 Å². The maximum absolute atomic E-state index is 5.42. The summed E-state index contributed by atoms with van der Waals surface area (Å²) in [6.45, 7) is 8.41. The normalized spacial score (nSPS) is 12.0. The number of nitrogens with one attached hydrogen (secondary N) is 1. The minimum Gasteiger partial charge on any atom is -0.493 e. The fraction of sp³-hybridized carbons (Fsp3) is 0.632. The molecule has 0 atom stereocenters. The van der Waals surface area contributed by atoms with Gasteiger partial charge in [0.15, 0.2) is 17.5 Å². The fourth-order valence-corrected chi connectivity index (χ4v) is 2.55. The predicted octanol–water partition coefficient (Wildman–Crippen LogP) is 3.29. The number of hydrogen-bond donors (Lipinski definition) is 1. The molecule has 0 spiro atoms. The van der Waals surface area contributed by atoms with E-state index in [1.54, 1.807) is 14.2 Å². The highest BCUT2D eigenvalue weighted by Gasteiger charge is 2.23. The van der Waals surface area contributed by atoms with E-state index in [9.17, 15) is 0 Å². The van der Waals surface area contributed by atoms with Gasteiger partial charge in [-0.05, 0) is 24.1 Å². The topological polar surface area (TPSA) is 46.1 Å². The van der Waals surface area contributed by atoms with Gasteiger partial charge in [-0.25, -0.2) is 0 Å². The third-order valence-electron chi connectivity index (χ3n) is 4.27. The Balaban J connectivity index is 2.81. The van der Waals surface area contributed by atoms with E-state index in [0.717, 1.165) is 37.0 Å². The van der Waals surface area contributed by atoms with Crippen LogP contribution < -0.4 is 14.8 Å². The zero-order chi connectivity index (χ0) is 18.2. The Hall–Kier alpha value is -1.91. The maximum Gasteiger partial charge on any atom is 0.193 e. The Morgan fingerprint density at radius 2 is 1.88 bits per heavy atom. The number of hydrogen-bond acceptors (Lipinski definition) is 3. The fourth-order valence-electron chi connectivity index (χ4n) is 2.55. The molecule has 0 aliphatic rings. The molecule has 136 valence electrons. The van der Waals surface area contributed by atoms with Gasteiger partial charge in [-0.1, -0.05) is 33.3 Å². The molecule has 1 aromatic rings. The molecule has 0 aromatic heterocycles. The molecule has 0 bridgehead atoms. The highest BCUT2D eigenvalue weighted by atomic mass is 16.5. The maximum atomic E-state index is 5.42. The minimum absolute atomic E-state index is 0.0684. The number of guanidine groups is 1. The smallest absolute Gasteiger partial charge is 0.193 e. The SMILES string of the molecule is CCCCN(C)C(=NC)NCC(C)(C)c1ccc(OC)c(OC)c1. The van der Waals surface area contributed by atoms with Crippen molar-refractivity contribution in [1.82, 2.24) is 10.2 Å². The molecule has 1 aromatic carbocycles. The number of benzene rings is 1. The van der Waals surface area contributed by atoms with E-state index in [0.29, 0.717) is 0 Å². The first-order valence-electron chi connectivity index (χ1n) is 8.53. The molecule has 24 heavy (non-hydrogen) atoms. The third-order valence-corrected chi connectivity index (χ3v) is 4.27. The summed E-state index contributed by atoms with van der Waals surface area (Å²) in [6, 6.07) is 6.09. The van der Waals surface area contributed by atoms with E-state index in [1.165, 1.54) is 12.0 Å². The first-order valence-corrected chi connectivity index (χ1v) is 8.53. The van der Waals surface area contributed by atoms with Gasteiger partial charge in [-0.15, -0.1) is 0 Å². The standard InChI is InChI=1S/C19H33N3O2/c1-8-9-12-22(5)18(20-4)21-14-19(2,3)15-10-11-16(23-6)17(13-15)24-7/h10-11,13H,8-9,12,14H2,1-7H3,(H,20,21). The van der Waals surface area contributed by atoms with Gasteiger partial charge in [-0.3, -0.25) is 4.99 Å². The van der Waals surface area contributed by atoms with Crippen molar-refractivity contribution < 1.29 is 9.47 Å². The molecule has 1 N–H and O–H groups in total. The highest BCUT2D eigenvalue weighted by molar-refractivity contribution is 5.79. The molecule has 0 saturated heterocycles. The quantitative estimate of drug-likeness (QED) is 0.585. The zero-order valence-corrected chi connectivity index (χ0v) is 16.3. The lowest BCUT2D eigenvalue weighted by atomic mass is 9.84. The summed E-state index contributed by atoms with van der Waals surface area (Å²) in [5.74, 6) is 2.43. The second-order valence-corrected chi connectivity index (χ2v) is 6.63. The molecular weight excluding hydrogens is 302 g/mol. The van der Waals surface area contributed by atoms with Gasteiger partial charge in [0.1, 0.15) is 0 Å². The van der Waals surface area contributed by atoms with Crippen LogP contribution in [0.15, 0.2) is 23.2 Å². The van der Waals surface area contributed by atoms with Crippen molar-refractivity contribution in [2.24, 2.45) is 4.99 Å². The van der Waals surface area contributed by atoms with Crippen LogP contribution in [0, 0.1) is 0 Å². The van der Waals surface area contributed by atoms with E-state index < -0.39 is 0 Å². The van der Waals surface area contributed by atoms with E-state index in [4.69, 9.17) is 9.47 Å². The van der Waals surface area contributed by atoms with Crippen molar-refractivity contribution >= 4 is 5.96 Å². The number of unbranched alkanes of at least 4 members (excludes halogenated alkanes) is 1. The van der Waals surface area contributed by atoms with Gasteiger partial charge in [0, 0.05) is 32.6 Å². The van der Waals surface area contributed by atoms with Crippen molar-refractivity contribution in [3.63, 3.8) is 0 Å². The van der Waals surface area contributed by atoms with Crippen molar-refractivity contribution in [2.75, 3.05) is 41.4 Å². The summed E-state index contributed by atoms with van der Waals surface area (Å²) in [4.78, 5) is 6.56. The van der Waals surface area contributed by atoms with Crippen LogP contribution >= 0.6 is 0 Å². The molecule has 0 amide bonds. The van der Waals surface area contributed by atoms with Crippen LogP contribution in [0.2, 0.25) is 0 Å². The van der Waals surface area contributed by atoms with Crippen molar-refractivity contribution in [3.05, 3.63) is 23.8 Å². The predicted molar refractivity (Wildman–Crippen MR) is 101 cm³/mol. The number of ether oxygens (including phenoxy) is 2. The number of aliphatic imine (C=N–C) groups is 1. The summed E-state index contributed by atoms with van der Waals surface area (Å²) >= 11 is 0. The molecule has 0 saturated carbocycles. The lowest BCUT2D eigenvalue weighted by Crippen LogP contribution is -2.44. The van der Waals surface area contributed by atoms with E-state index in [-0.39, 0.29) is 5.41 Å². The number of nitrogens with zero attached hydrogens (tertiary/aromatic N) is 2. The zero-order valence-electron chi connectivity index (χ0n) is 16.3. The summed E-state index contributed by atoms with van der Waals surface area (Å²) in [6.07, 6.45) is 2.34. The van der Waals surface area contributed by atoms with E-state index in [1.807, 2.05) is 19.2 Å². The van der Waals surface area contributed by atoms with Crippen LogP contribution in [0.4, 0.5) is 0 Å². The van der Waals surface area contributed by atoms with Gasteiger partial charge in [0.25, 0.3) is 0 Å². The molecule has 0 heterocycles. The van der Waals surface area contributed by atoms with Crippen LogP contribution in [-0.4, -0.2) is 52.3 Å². The summed E-state index contributed by atoms with van der Waals surface area (Å²) in [5, 5.41) is 3.49. The van der Waals surface area contributed by atoms with Gasteiger partial charge in [-0.2, -0.15) is 0 Å². The monoisotopic (exact) mass is 335 g/mol. The minimum atomic E-state index is -0.0684. The summed E-state index contributed by atoms with van der Waals surface area (Å²) in [7, 11) is 7.22. The highest BCUT2D eigenvalue weighted by Crippen LogP contribution is 2.32. The van der Waals surface area contributed by atoms with Crippen LogP contribution in [0.25, 0.3) is 0 Å². The van der Waals surface area contributed by atoms with Crippen molar-refractivity contribution in [2.45, 2.75) is 39.0 Å². The molecule has 5 nitrogen and oxygen atoms in total. The Morgan fingerprint density at radius 3 is 2.42 bits per heavy atom. The molecule has 0 aliphatic heterocycles. The van der Waals surface area contributed by atoms with Crippen molar-refractivity contribution in [3.8, 4) is 11.5 Å². The van der Waals surface area contributed by atoms with Gasteiger partial charge < -0.3 is 19.7 Å². The molecule has 0 fully saturated rings. The molecule has 1 rings (SSSR count). The molecular formula is C19H33N3O2. The second kappa shape index (κ2) is 9.40. The van der Waals surface area contributed by atoms with E-state index >= 15 is 0 Å². The summed E-state index contributed by atoms with van der Waals surface area (Å²) < 4.78 is 10.7. The van der Waals surface area contributed by atoms with Crippen LogP contribution in [0.3, 0.4) is 0 Å². The largest absolute Gasteiger partial charge is 0.493 e. The average Bonchev–Trinajstić information content (AvgIpc) is 2.59. The lowest BCUT2D eigenvalue weighted by molar-refractivity contribution is 0.353. The van der Waals surface area contributed by atoms with Gasteiger partial charge >= 0.3 is 0 Å². The molecule has 0 aliphatic carbocycles. The Morgan fingerprint density at radius 1 is 1.21 bits per heavy atom. The number of rotatable bonds is 8. The van der Waals surface area contributed by atoms with Crippen LogP contribution in [0.5, 0.6) is 11.5 Å². The summed E-state index contributed by atoms with van der Waals surface area (Å²) in [5.41, 5.74) is 1.13. The van der Waals surface area contributed by atoms with E-state index in [2.05, 4.69) is 49.1 Å². The first kappa shape index (κ1) is 20.1. The molecule has 5 heteroatoms.